The van der Waals surface area contributed by atoms with Crippen molar-refractivity contribution in [3.63, 3.8) is 0 Å². The van der Waals surface area contributed by atoms with Gasteiger partial charge in [0.25, 0.3) is 0 Å². The van der Waals surface area contributed by atoms with E-state index in [1.54, 1.807) is 14.2 Å². The standard InChI is InChI=1S/C16H20O4/c1-16(9-5-4-6-12(16)15(17)18)11-7-8-13(19-2)14(10-11)20-3/h6-8,10H,4-5,9H2,1-3H3,(H,17,18). The van der Waals surface area contributed by atoms with Gasteiger partial charge in [-0.15, -0.1) is 0 Å². The lowest BCUT2D eigenvalue weighted by atomic mass is 9.69. The number of aliphatic carboxylic acids is 1. The molecule has 20 heavy (non-hydrogen) atoms. The van der Waals surface area contributed by atoms with E-state index in [1.807, 2.05) is 31.2 Å². The SMILES string of the molecule is COc1ccc(C2(C)CCCC=C2C(=O)O)cc1OC. The van der Waals surface area contributed by atoms with Gasteiger partial charge in [-0.05, 0) is 37.0 Å². The van der Waals surface area contributed by atoms with E-state index in [0.717, 1.165) is 24.8 Å². The molecule has 0 amide bonds. The van der Waals surface area contributed by atoms with E-state index >= 15 is 0 Å². The minimum absolute atomic E-state index is 0.468. The van der Waals surface area contributed by atoms with Crippen LogP contribution in [0.25, 0.3) is 0 Å². The summed E-state index contributed by atoms with van der Waals surface area (Å²) in [6, 6.07) is 5.62. The summed E-state index contributed by atoms with van der Waals surface area (Å²) >= 11 is 0. The number of allylic oxidation sites excluding steroid dienone is 1. The molecule has 1 aliphatic rings. The van der Waals surface area contributed by atoms with Crippen LogP contribution in [0.3, 0.4) is 0 Å². The Hall–Kier alpha value is -1.97. The van der Waals surface area contributed by atoms with Crippen molar-refractivity contribution in [3.8, 4) is 11.5 Å². The first-order chi connectivity index (χ1) is 9.52. The number of carboxylic acid groups (broad SMARTS) is 1. The molecule has 0 radical (unpaired) electrons. The summed E-state index contributed by atoms with van der Waals surface area (Å²) in [5, 5.41) is 9.44. The van der Waals surface area contributed by atoms with Gasteiger partial charge in [-0.1, -0.05) is 19.1 Å². The van der Waals surface area contributed by atoms with Gasteiger partial charge in [-0.2, -0.15) is 0 Å². The normalized spacial score (nSPS) is 22.1. The van der Waals surface area contributed by atoms with Crippen LogP contribution in [-0.4, -0.2) is 25.3 Å². The van der Waals surface area contributed by atoms with Crippen LogP contribution in [0.5, 0.6) is 11.5 Å². The Labute approximate surface area is 119 Å². The van der Waals surface area contributed by atoms with Gasteiger partial charge >= 0.3 is 5.97 Å². The van der Waals surface area contributed by atoms with E-state index in [-0.39, 0.29) is 0 Å². The van der Waals surface area contributed by atoms with Crippen LogP contribution < -0.4 is 9.47 Å². The highest BCUT2D eigenvalue weighted by Crippen LogP contribution is 2.43. The molecule has 1 aromatic carbocycles. The predicted molar refractivity (Wildman–Crippen MR) is 76.5 cm³/mol. The van der Waals surface area contributed by atoms with Crippen molar-refractivity contribution in [2.24, 2.45) is 0 Å². The summed E-state index contributed by atoms with van der Waals surface area (Å²) in [5.41, 5.74) is 0.934. The van der Waals surface area contributed by atoms with Gasteiger partial charge in [0, 0.05) is 11.0 Å². The van der Waals surface area contributed by atoms with Gasteiger partial charge in [0.05, 0.1) is 14.2 Å². The lowest BCUT2D eigenvalue weighted by Gasteiger charge is -2.34. The molecule has 4 nitrogen and oxygen atoms in total. The van der Waals surface area contributed by atoms with Crippen molar-refractivity contribution in [2.45, 2.75) is 31.6 Å². The van der Waals surface area contributed by atoms with E-state index in [0.29, 0.717) is 17.1 Å². The second-order valence-corrected chi connectivity index (χ2v) is 5.22. The molecule has 0 fully saturated rings. The van der Waals surface area contributed by atoms with Crippen LogP contribution >= 0.6 is 0 Å². The third-order valence-electron chi connectivity index (χ3n) is 4.07. The first-order valence-electron chi connectivity index (χ1n) is 6.69. The Morgan fingerprint density at radius 1 is 1.25 bits per heavy atom. The average molecular weight is 276 g/mol. The number of carboxylic acids is 1. The Kier molecular flexibility index (Phi) is 4.02. The highest BCUT2D eigenvalue weighted by Gasteiger charge is 2.37. The lowest BCUT2D eigenvalue weighted by molar-refractivity contribution is -0.133. The number of rotatable bonds is 4. The van der Waals surface area contributed by atoms with Crippen LogP contribution in [0.1, 0.15) is 31.7 Å². The van der Waals surface area contributed by atoms with Crippen LogP contribution in [0.2, 0.25) is 0 Å². The highest BCUT2D eigenvalue weighted by molar-refractivity contribution is 5.90. The molecule has 1 aromatic rings. The Bertz CT molecular complexity index is 547. The number of carbonyl (C=O) groups is 1. The van der Waals surface area contributed by atoms with Crippen LogP contribution in [0, 0.1) is 0 Å². The second kappa shape index (κ2) is 5.57. The van der Waals surface area contributed by atoms with Crippen LogP contribution in [0.15, 0.2) is 29.8 Å². The van der Waals surface area contributed by atoms with Crippen LogP contribution in [-0.2, 0) is 10.2 Å². The van der Waals surface area contributed by atoms with Gasteiger partial charge in [0.15, 0.2) is 11.5 Å². The van der Waals surface area contributed by atoms with Gasteiger partial charge in [0.1, 0.15) is 0 Å². The molecular weight excluding hydrogens is 256 g/mol. The summed E-state index contributed by atoms with van der Waals surface area (Å²) < 4.78 is 10.5. The summed E-state index contributed by atoms with van der Waals surface area (Å²) in [4.78, 5) is 11.5. The topological polar surface area (TPSA) is 55.8 Å². The maximum Gasteiger partial charge on any atom is 0.332 e. The van der Waals surface area contributed by atoms with Crippen molar-refractivity contribution < 1.29 is 19.4 Å². The second-order valence-electron chi connectivity index (χ2n) is 5.22. The molecule has 0 aliphatic heterocycles. The molecule has 1 N–H and O–H groups in total. The Morgan fingerprint density at radius 2 is 1.95 bits per heavy atom. The zero-order valence-electron chi connectivity index (χ0n) is 12.1. The monoisotopic (exact) mass is 276 g/mol. The zero-order chi connectivity index (χ0) is 14.8. The first-order valence-corrected chi connectivity index (χ1v) is 6.69. The zero-order valence-corrected chi connectivity index (χ0v) is 12.1. The van der Waals surface area contributed by atoms with Crippen molar-refractivity contribution in [1.82, 2.24) is 0 Å². The van der Waals surface area contributed by atoms with Crippen molar-refractivity contribution >= 4 is 5.97 Å². The quantitative estimate of drug-likeness (QED) is 0.917. The van der Waals surface area contributed by atoms with Crippen molar-refractivity contribution in [2.75, 3.05) is 14.2 Å². The molecule has 1 atom stereocenters. The van der Waals surface area contributed by atoms with E-state index in [2.05, 4.69) is 0 Å². The number of methoxy groups -OCH3 is 2. The van der Waals surface area contributed by atoms with E-state index in [4.69, 9.17) is 9.47 Å². The number of benzene rings is 1. The molecule has 108 valence electrons. The van der Waals surface area contributed by atoms with Gasteiger partial charge in [-0.3, -0.25) is 0 Å². The fourth-order valence-electron chi connectivity index (χ4n) is 2.86. The molecule has 2 rings (SSSR count). The maximum atomic E-state index is 11.5. The Balaban J connectivity index is 2.50. The molecule has 0 saturated carbocycles. The first kappa shape index (κ1) is 14.4. The van der Waals surface area contributed by atoms with Gasteiger partial charge < -0.3 is 14.6 Å². The highest BCUT2D eigenvalue weighted by atomic mass is 16.5. The minimum atomic E-state index is -0.845. The fraction of sp³-hybridized carbons (Fsp3) is 0.438. The van der Waals surface area contributed by atoms with Crippen LogP contribution in [0.4, 0.5) is 0 Å². The largest absolute Gasteiger partial charge is 0.493 e. The third kappa shape index (κ3) is 2.38. The molecular formula is C16H20O4. The fourth-order valence-corrected chi connectivity index (χ4v) is 2.86. The smallest absolute Gasteiger partial charge is 0.332 e. The van der Waals surface area contributed by atoms with E-state index < -0.39 is 11.4 Å². The third-order valence-corrected chi connectivity index (χ3v) is 4.07. The van der Waals surface area contributed by atoms with Gasteiger partial charge in [0.2, 0.25) is 0 Å². The maximum absolute atomic E-state index is 11.5. The summed E-state index contributed by atoms with van der Waals surface area (Å²) in [6.45, 7) is 1.98. The molecule has 0 bridgehead atoms. The summed E-state index contributed by atoms with van der Waals surface area (Å²) in [5.74, 6) is 0.431. The molecule has 0 spiro atoms. The van der Waals surface area contributed by atoms with E-state index in [1.165, 1.54) is 0 Å². The van der Waals surface area contributed by atoms with Crippen molar-refractivity contribution in [1.29, 1.82) is 0 Å². The minimum Gasteiger partial charge on any atom is -0.493 e. The predicted octanol–water partition coefficient (Wildman–Crippen LogP) is 3.16. The molecule has 0 heterocycles. The number of hydrogen-bond acceptors (Lipinski definition) is 3. The summed E-state index contributed by atoms with van der Waals surface area (Å²) in [6.07, 6.45) is 4.47. The van der Waals surface area contributed by atoms with E-state index in [9.17, 15) is 9.90 Å². The molecule has 1 aliphatic carbocycles. The number of hydrogen-bond donors (Lipinski definition) is 1. The van der Waals surface area contributed by atoms with Gasteiger partial charge in [-0.25, -0.2) is 4.79 Å². The molecule has 0 aromatic heterocycles. The Morgan fingerprint density at radius 3 is 2.55 bits per heavy atom. The average Bonchev–Trinajstić information content (AvgIpc) is 2.46. The molecule has 1 unspecified atom stereocenters. The lowest BCUT2D eigenvalue weighted by Crippen LogP contribution is -2.31. The molecule has 4 heteroatoms. The number of ether oxygens (including phenoxy) is 2. The summed E-state index contributed by atoms with van der Waals surface area (Å²) in [7, 11) is 3.17. The van der Waals surface area contributed by atoms with Crippen molar-refractivity contribution in [3.05, 3.63) is 35.4 Å². The molecule has 0 saturated heterocycles.